The molecule has 1 amide bonds. The van der Waals surface area contributed by atoms with Crippen molar-refractivity contribution < 1.29 is 4.79 Å². The van der Waals surface area contributed by atoms with Crippen molar-refractivity contribution in [3.8, 4) is 0 Å². The Hall–Kier alpha value is -0.830. The van der Waals surface area contributed by atoms with E-state index in [1.807, 2.05) is 11.8 Å². The molecule has 0 aromatic carbocycles. The van der Waals surface area contributed by atoms with Gasteiger partial charge in [0.05, 0.1) is 0 Å². The van der Waals surface area contributed by atoms with Crippen molar-refractivity contribution >= 4 is 5.91 Å². The molecule has 1 N–H and O–H groups in total. The lowest BCUT2D eigenvalue weighted by molar-refractivity contribution is -0.128. The molecule has 0 aromatic rings. The molecule has 1 aliphatic rings. The van der Waals surface area contributed by atoms with Crippen LogP contribution in [0.25, 0.3) is 0 Å². The van der Waals surface area contributed by atoms with Gasteiger partial charge in [-0.1, -0.05) is 19.8 Å². The van der Waals surface area contributed by atoms with Crippen LogP contribution in [0, 0.1) is 0 Å². The molecule has 1 aliphatic heterocycles. The third-order valence-electron chi connectivity index (χ3n) is 3.41. The first-order chi connectivity index (χ1) is 8.07. The minimum Gasteiger partial charge on any atom is -0.337 e. The highest BCUT2D eigenvalue weighted by Gasteiger charge is 2.22. The van der Waals surface area contributed by atoms with Crippen LogP contribution < -0.4 is 5.32 Å². The Kier molecular flexibility index (Phi) is 5.69. The Morgan fingerprint density at radius 3 is 2.41 bits per heavy atom. The monoisotopic (exact) mass is 238 g/mol. The number of amides is 1. The summed E-state index contributed by atoms with van der Waals surface area (Å²) in [5.74, 6) is 0.229. The number of rotatable bonds is 6. The quantitative estimate of drug-likeness (QED) is 0.569. The fourth-order valence-electron chi connectivity index (χ4n) is 2.01. The van der Waals surface area contributed by atoms with Crippen molar-refractivity contribution in [2.45, 2.75) is 53.0 Å². The molecule has 0 bridgehead atoms. The van der Waals surface area contributed by atoms with E-state index in [1.54, 1.807) is 0 Å². The summed E-state index contributed by atoms with van der Waals surface area (Å²) in [6.45, 7) is 11.0. The number of nitrogens with one attached hydrogen (secondary N) is 1. The molecule has 17 heavy (non-hydrogen) atoms. The van der Waals surface area contributed by atoms with E-state index in [1.165, 1.54) is 18.4 Å². The summed E-state index contributed by atoms with van der Waals surface area (Å²) < 4.78 is 0. The van der Waals surface area contributed by atoms with Gasteiger partial charge in [0.15, 0.2) is 0 Å². The normalized spacial score (nSPS) is 14.8. The summed E-state index contributed by atoms with van der Waals surface area (Å²) >= 11 is 0. The van der Waals surface area contributed by atoms with Gasteiger partial charge in [-0.15, -0.1) is 0 Å². The smallest absolute Gasteiger partial charge is 0.249 e. The number of hydrogen-bond donors (Lipinski definition) is 1. The number of carbonyl (C=O) groups excluding carboxylic acids is 1. The summed E-state index contributed by atoms with van der Waals surface area (Å²) in [7, 11) is 0. The van der Waals surface area contributed by atoms with Crippen LogP contribution in [-0.4, -0.2) is 36.5 Å². The lowest BCUT2D eigenvalue weighted by atomic mass is 10.0. The topological polar surface area (TPSA) is 32.3 Å². The zero-order chi connectivity index (χ0) is 12.8. The molecule has 1 fully saturated rings. The molecule has 98 valence electrons. The van der Waals surface area contributed by atoms with Gasteiger partial charge >= 0.3 is 0 Å². The third-order valence-corrected chi connectivity index (χ3v) is 3.41. The highest BCUT2D eigenvalue weighted by molar-refractivity contribution is 5.94. The van der Waals surface area contributed by atoms with E-state index in [2.05, 4.69) is 26.1 Å². The van der Waals surface area contributed by atoms with Crippen molar-refractivity contribution in [3.63, 3.8) is 0 Å². The molecule has 3 nitrogen and oxygen atoms in total. The predicted octanol–water partition coefficient (Wildman–Crippen LogP) is 2.33. The van der Waals surface area contributed by atoms with E-state index in [-0.39, 0.29) is 5.91 Å². The van der Waals surface area contributed by atoms with Crippen molar-refractivity contribution in [1.82, 2.24) is 10.2 Å². The van der Waals surface area contributed by atoms with Crippen LogP contribution >= 0.6 is 0 Å². The molecule has 0 unspecified atom stereocenters. The summed E-state index contributed by atoms with van der Waals surface area (Å²) in [5, 5.41) is 3.19. The van der Waals surface area contributed by atoms with E-state index in [0.29, 0.717) is 6.04 Å². The second kappa shape index (κ2) is 6.80. The predicted molar refractivity (Wildman–Crippen MR) is 71.9 cm³/mol. The minimum atomic E-state index is 0.229. The lowest BCUT2D eigenvalue weighted by Gasteiger charge is -2.30. The zero-order valence-corrected chi connectivity index (χ0v) is 11.7. The van der Waals surface area contributed by atoms with E-state index in [0.717, 1.165) is 31.6 Å². The highest BCUT2D eigenvalue weighted by Crippen LogP contribution is 2.14. The molecular weight excluding hydrogens is 212 g/mol. The fourth-order valence-corrected chi connectivity index (χ4v) is 2.01. The molecule has 0 aromatic heterocycles. The van der Waals surface area contributed by atoms with Gasteiger partial charge in [-0.25, -0.2) is 0 Å². The van der Waals surface area contributed by atoms with Crippen LogP contribution in [0.2, 0.25) is 0 Å². The van der Waals surface area contributed by atoms with Crippen LogP contribution in [0.3, 0.4) is 0 Å². The number of unbranched alkanes of at least 4 members (excludes halogenated alkanes) is 2. The highest BCUT2D eigenvalue weighted by atomic mass is 16.2. The number of nitrogens with zero attached hydrogens (tertiary/aromatic N) is 1. The van der Waals surface area contributed by atoms with Crippen LogP contribution in [0.4, 0.5) is 0 Å². The molecule has 1 heterocycles. The molecule has 3 heteroatoms. The van der Waals surface area contributed by atoms with Gasteiger partial charge in [-0.05, 0) is 32.8 Å². The maximum Gasteiger partial charge on any atom is 0.249 e. The Labute approximate surface area is 105 Å². The number of hydrogen-bond acceptors (Lipinski definition) is 2. The van der Waals surface area contributed by atoms with Crippen molar-refractivity contribution in [2.24, 2.45) is 0 Å². The SMILES string of the molecule is CCCCCN(C(=O)C(C)=C1CNC1)C(C)C. The van der Waals surface area contributed by atoms with E-state index >= 15 is 0 Å². The Bertz CT molecular complexity index is 289. The molecule has 0 spiro atoms. The summed E-state index contributed by atoms with van der Waals surface area (Å²) in [4.78, 5) is 14.4. The molecule has 0 radical (unpaired) electrons. The average Bonchev–Trinajstić information content (AvgIpc) is 2.20. The van der Waals surface area contributed by atoms with Crippen LogP contribution in [-0.2, 0) is 4.79 Å². The van der Waals surface area contributed by atoms with Gasteiger partial charge in [0.1, 0.15) is 0 Å². The molecule has 0 atom stereocenters. The van der Waals surface area contributed by atoms with Gasteiger partial charge in [0, 0.05) is 31.2 Å². The van der Waals surface area contributed by atoms with Crippen LogP contribution in [0.15, 0.2) is 11.1 Å². The zero-order valence-electron chi connectivity index (χ0n) is 11.7. The van der Waals surface area contributed by atoms with Crippen molar-refractivity contribution in [2.75, 3.05) is 19.6 Å². The first-order valence-electron chi connectivity index (χ1n) is 6.78. The second-order valence-corrected chi connectivity index (χ2v) is 5.13. The second-order valence-electron chi connectivity index (χ2n) is 5.13. The van der Waals surface area contributed by atoms with E-state index < -0.39 is 0 Å². The average molecular weight is 238 g/mol. The van der Waals surface area contributed by atoms with Gasteiger partial charge in [0.2, 0.25) is 5.91 Å². The maximum absolute atomic E-state index is 12.4. The fraction of sp³-hybridized carbons (Fsp3) is 0.786. The first kappa shape index (κ1) is 14.2. The molecule has 0 saturated carbocycles. The Balaban J connectivity index is 2.60. The van der Waals surface area contributed by atoms with Gasteiger partial charge < -0.3 is 10.2 Å². The van der Waals surface area contributed by atoms with Gasteiger partial charge in [-0.2, -0.15) is 0 Å². The van der Waals surface area contributed by atoms with Gasteiger partial charge in [0.25, 0.3) is 0 Å². The Morgan fingerprint density at radius 1 is 1.35 bits per heavy atom. The van der Waals surface area contributed by atoms with E-state index in [4.69, 9.17) is 0 Å². The molecule has 1 rings (SSSR count). The van der Waals surface area contributed by atoms with Crippen LogP contribution in [0.1, 0.15) is 47.0 Å². The minimum absolute atomic E-state index is 0.229. The van der Waals surface area contributed by atoms with Crippen LogP contribution in [0.5, 0.6) is 0 Å². The third kappa shape index (κ3) is 3.84. The van der Waals surface area contributed by atoms with E-state index in [9.17, 15) is 4.79 Å². The standard InChI is InChI=1S/C14H26N2O/c1-5-6-7-8-16(11(2)3)14(17)12(4)13-9-15-10-13/h11,15H,5-10H2,1-4H3. The maximum atomic E-state index is 12.4. The largest absolute Gasteiger partial charge is 0.337 e. The Morgan fingerprint density at radius 2 is 2.00 bits per heavy atom. The summed E-state index contributed by atoms with van der Waals surface area (Å²) in [6, 6.07) is 0.294. The summed E-state index contributed by atoms with van der Waals surface area (Å²) in [6.07, 6.45) is 3.51. The van der Waals surface area contributed by atoms with Crippen molar-refractivity contribution in [3.05, 3.63) is 11.1 Å². The number of carbonyl (C=O) groups is 1. The molecule has 1 saturated heterocycles. The van der Waals surface area contributed by atoms with Crippen molar-refractivity contribution in [1.29, 1.82) is 0 Å². The lowest BCUT2D eigenvalue weighted by Crippen LogP contribution is -2.42. The molecule has 0 aliphatic carbocycles. The first-order valence-corrected chi connectivity index (χ1v) is 6.78. The van der Waals surface area contributed by atoms with Gasteiger partial charge in [-0.3, -0.25) is 4.79 Å². The molecular formula is C14H26N2O. The summed E-state index contributed by atoms with van der Waals surface area (Å²) in [5.41, 5.74) is 2.23.